The molecule has 0 aromatic heterocycles. The van der Waals surface area contributed by atoms with Crippen molar-refractivity contribution in [2.75, 3.05) is 25.5 Å². The van der Waals surface area contributed by atoms with Crippen LogP contribution in [0.5, 0.6) is 0 Å². The molecule has 1 aromatic carbocycles. The highest BCUT2D eigenvalue weighted by Gasteiger charge is 2.29. The lowest BCUT2D eigenvalue weighted by Crippen LogP contribution is -2.47. The molecule has 6 heteroatoms. The molecule has 0 aliphatic carbocycles. The summed E-state index contributed by atoms with van der Waals surface area (Å²) in [5, 5.41) is 2.57. The minimum absolute atomic E-state index is 0.385. The van der Waals surface area contributed by atoms with Gasteiger partial charge in [0.1, 0.15) is 0 Å². The van der Waals surface area contributed by atoms with Gasteiger partial charge in [0.15, 0.2) is 0 Å². The number of anilines is 1. The van der Waals surface area contributed by atoms with E-state index >= 15 is 0 Å². The third-order valence-corrected chi connectivity index (χ3v) is 3.91. The van der Waals surface area contributed by atoms with Crippen LogP contribution in [0, 0.1) is 11.8 Å². The molecular formula is C17H22N2O4. The van der Waals surface area contributed by atoms with E-state index in [2.05, 4.69) is 23.9 Å². The maximum absolute atomic E-state index is 12.3. The Morgan fingerprint density at radius 3 is 2.17 bits per heavy atom. The molecule has 0 bridgehead atoms. The first-order chi connectivity index (χ1) is 10.9. The number of hydrogen-bond donors (Lipinski definition) is 1. The summed E-state index contributed by atoms with van der Waals surface area (Å²) < 4.78 is 4.61. The smallest absolute Gasteiger partial charge is 0.337 e. The number of piperidine rings is 1. The summed E-state index contributed by atoms with van der Waals surface area (Å²) in [6, 6.07) is 6.21. The van der Waals surface area contributed by atoms with Gasteiger partial charge in [-0.1, -0.05) is 13.8 Å². The molecule has 23 heavy (non-hydrogen) atoms. The first-order valence-corrected chi connectivity index (χ1v) is 7.69. The van der Waals surface area contributed by atoms with Crippen molar-refractivity contribution in [2.45, 2.75) is 20.3 Å². The van der Waals surface area contributed by atoms with Gasteiger partial charge in [0.25, 0.3) is 0 Å². The zero-order valence-electron chi connectivity index (χ0n) is 13.7. The predicted molar refractivity (Wildman–Crippen MR) is 85.9 cm³/mol. The van der Waals surface area contributed by atoms with Gasteiger partial charge in [-0.25, -0.2) is 4.79 Å². The van der Waals surface area contributed by atoms with E-state index in [0.29, 0.717) is 36.2 Å². The highest BCUT2D eigenvalue weighted by atomic mass is 16.5. The minimum atomic E-state index is -0.655. The molecule has 2 rings (SSSR count). The molecule has 2 atom stereocenters. The molecule has 2 unspecified atom stereocenters. The molecule has 2 amide bonds. The summed E-state index contributed by atoms with van der Waals surface area (Å²) in [7, 11) is 1.30. The van der Waals surface area contributed by atoms with Crippen LogP contribution in [0.3, 0.4) is 0 Å². The zero-order chi connectivity index (χ0) is 17.0. The number of nitrogens with one attached hydrogen (secondary N) is 1. The van der Waals surface area contributed by atoms with Crippen LogP contribution >= 0.6 is 0 Å². The van der Waals surface area contributed by atoms with E-state index in [-0.39, 0.29) is 0 Å². The number of esters is 1. The van der Waals surface area contributed by atoms with Crippen molar-refractivity contribution in [3.8, 4) is 0 Å². The standard InChI is InChI=1S/C17H22N2O4/c1-11-8-12(2)10-19(9-11)16(21)15(20)18-14-6-4-13(5-7-14)17(22)23-3/h4-7,11-12H,8-10H2,1-3H3,(H,18,20). The largest absolute Gasteiger partial charge is 0.465 e. The van der Waals surface area contributed by atoms with Crippen LogP contribution in [0.25, 0.3) is 0 Å². The first-order valence-electron chi connectivity index (χ1n) is 7.69. The Morgan fingerprint density at radius 2 is 1.65 bits per heavy atom. The molecule has 1 saturated heterocycles. The van der Waals surface area contributed by atoms with Crippen molar-refractivity contribution in [3.05, 3.63) is 29.8 Å². The molecule has 0 spiro atoms. The predicted octanol–water partition coefficient (Wildman–Crippen LogP) is 1.92. The van der Waals surface area contributed by atoms with E-state index in [9.17, 15) is 14.4 Å². The van der Waals surface area contributed by atoms with Crippen molar-refractivity contribution in [2.24, 2.45) is 11.8 Å². The van der Waals surface area contributed by atoms with Gasteiger partial charge in [-0.2, -0.15) is 0 Å². The van der Waals surface area contributed by atoms with E-state index in [0.717, 1.165) is 6.42 Å². The number of carbonyl (C=O) groups is 3. The van der Waals surface area contributed by atoms with E-state index in [1.165, 1.54) is 19.2 Å². The van der Waals surface area contributed by atoms with Gasteiger partial charge in [-0.05, 0) is 42.5 Å². The molecule has 1 aliphatic rings. The lowest BCUT2D eigenvalue weighted by Gasteiger charge is -2.34. The average Bonchev–Trinajstić information content (AvgIpc) is 2.53. The maximum atomic E-state index is 12.3. The summed E-state index contributed by atoms with van der Waals surface area (Å²) >= 11 is 0. The number of likely N-dealkylation sites (tertiary alicyclic amines) is 1. The molecule has 1 aliphatic heterocycles. The monoisotopic (exact) mass is 318 g/mol. The van der Waals surface area contributed by atoms with Crippen LogP contribution in [-0.4, -0.2) is 42.9 Å². The molecule has 1 fully saturated rings. The Kier molecular flexibility index (Phi) is 5.36. The van der Waals surface area contributed by atoms with Crippen LogP contribution in [0.15, 0.2) is 24.3 Å². The van der Waals surface area contributed by atoms with Gasteiger partial charge in [-0.3, -0.25) is 9.59 Å². The second-order valence-electron chi connectivity index (χ2n) is 6.18. The molecule has 6 nitrogen and oxygen atoms in total. The van der Waals surface area contributed by atoms with E-state index in [1.807, 2.05) is 0 Å². The number of ether oxygens (including phenoxy) is 1. The molecule has 1 aromatic rings. The molecule has 1 N–H and O–H groups in total. The fourth-order valence-electron chi connectivity index (χ4n) is 2.96. The van der Waals surface area contributed by atoms with Crippen molar-refractivity contribution in [1.29, 1.82) is 0 Å². The lowest BCUT2D eigenvalue weighted by molar-refractivity contribution is -0.144. The molecule has 1 heterocycles. The fourth-order valence-corrected chi connectivity index (χ4v) is 2.96. The summed E-state index contributed by atoms with van der Waals surface area (Å²) in [6.07, 6.45) is 1.07. The van der Waals surface area contributed by atoms with Gasteiger partial charge >= 0.3 is 17.8 Å². The van der Waals surface area contributed by atoms with Gasteiger partial charge in [0.05, 0.1) is 12.7 Å². The second kappa shape index (κ2) is 7.26. The van der Waals surface area contributed by atoms with Gasteiger partial charge < -0.3 is 15.0 Å². The molecule has 124 valence electrons. The molecular weight excluding hydrogens is 296 g/mol. The summed E-state index contributed by atoms with van der Waals surface area (Å²) in [6.45, 7) is 5.38. The number of methoxy groups -OCH3 is 1. The van der Waals surface area contributed by atoms with Crippen LogP contribution in [0.4, 0.5) is 5.69 Å². The van der Waals surface area contributed by atoms with Crippen molar-refractivity contribution in [3.63, 3.8) is 0 Å². The van der Waals surface area contributed by atoms with Crippen molar-refractivity contribution < 1.29 is 19.1 Å². The first kappa shape index (κ1) is 17.0. The van der Waals surface area contributed by atoms with Crippen LogP contribution in [-0.2, 0) is 14.3 Å². The quantitative estimate of drug-likeness (QED) is 0.667. The number of rotatable bonds is 2. The Morgan fingerprint density at radius 1 is 1.09 bits per heavy atom. The van der Waals surface area contributed by atoms with E-state index in [4.69, 9.17) is 0 Å². The summed E-state index contributed by atoms with van der Waals surface area (Å²) in [4.78, 5) is 37.3. The van der Waals surface area contributed by atoms with E-state index in [1.54, 1.807) is 17.0 Å². The number of carbonyl (C=O) groups excluding carboxylic acids is 3. The van der Waals surface area contributed by atoms with Crippen molar-refractivity contribution in [1.82, 2.24) is 4.90 Å². The van der Waals surface area contributed by atoms with Crippen LogP contribution in [0.2, 0.25) is 0 Å². The highest BCUT2D eigenvalue weighted by molar-refractivity contribution is 6.39. The SMILES string of the molecule is COC(=O)c1ccc(NC(=O)C(=O)N2CC(C)CC(C)C2)cc1. The number of hydrogen-bond acceptors (Lipinski definition) is 4. The Bertz CT molecular complexity index is 587. The van der Waals surface area contributed by atoms with Gasteiger partial charge in [-0.15, -0.1) is 0 Å². The van der Waals surface area contributed by atoms with Crippen LogP contribution < -0.4 is 5.32 Å². The zero-order valence-corrected chi connectivity index (χ0v) is 13.7. The lowest BCUT2D eigenvalue weighted by atomic mass is 9.92. The van der Waals surface area contributed by atoms with Gasteiger partial charge in [0, 0.05) is 18.8 Å². The summed E-state index contributed by atoms with van der Waals surface area (Å²) in [5.41, 5.74) is 0.851. The third-order valence-electron chi connectivity index (χ3n) is 3.91. The number of amides is 2. The highest BCUT2D eigenvalue weighted by Crippen LogP contribution is 2.21. The van der Waals surface area contributed by atoms with Crippen LogP contribution in [0.1, 0.15) is 30.6 Å². The molecule has 0 radical (unpaired) electrons. The maximum Gasteiger partial charge on any atom is 0.337 e. The molecule has 0 saturated carbocycles. The third kappa shape index (κ3) is 4.31. The van der Waals surface area contributed by atoms with E-state index < -0.39 is 17.8 Å². The fraction of sp³-hybridized carbons (Fsp3) is 0.471. The Hall–Kier alpha value is -2.37. The topological polar surface area (TPSA) is 75.7 Å². The van der Waals surface area contributed by atoms with Gasteiger partial charge in [0.2, 0.25) is 0 Å². The summed E-state index contributed by atoms with van der Waals surface area (Å²) in [5.74, 6) is -0.822. The second-order valence-corrected chi connectivity index (χ2v) is 6.18. The minimum Gasteiger partial charge on any atom is -0.465 e. The van der Waals surface area contributed by atoms with Crippen molar-refractivity contribution >= 4 is 23.5 Å². The Balaban J connectivity index is 1.98. The number of nitrogens with zero attached hydrogens (tertiary/aromatic N) is 1. The normalized spacial score (nSPS) is 20.7. The Labute approximate surface area is 135 Å². The number of benzene rings is 1. The average molecular weight is 318 g/mol.